The molecule has 0 aromatic heterocycles. The first-order valence-electron chi connectivity index (χ1n) is 7.80. The summed E-state index contributed by atoms with van der Waals surface area (Å²) < 4.78 is 40.2. The van der Waals surface area contributed by atoms with Crippen LogP contribution in [0.25, 0.3) is 0 Å². The lowest BCUT2D eigenvalue weighted by Crippen LogP contribution is -2.50. The van der Waals surface area contributed by atoms with Crippen LogP contribution < -0.4 is 0 Å². The summed E-state index contributed by atoms with van der Waals surface area (Å²) in [5, 5.41) is 0.627. The highest BCUT2D eigenvalue weighted by atomic mass is 35.5. The van der Waals surface area contributed by atoms with Gasteiger partial charge in [0.1, 0.15) is 10.7 Å². The minimum atomic E-state index is -3.94. The van der Waals surface area contributed by atoms with Crippen molar-refractivity contribution < 1.29 is 17.6 Å². The molecule has 5 nitrogen and oxygen atoms in total. The molecule has 0 N–H and O–H groups in total. The number of carbonyl (C=O) groups is 1. The predicted octanol–water partition coefficient (Wildman–Crippen LogP) is 3.28. The number of halogens is 3. The van der Waals surface area contributed by atoms with Crippen molar-refractivity contribution in [3.63, 3.8) is 0 Å². The van der Waals surface area contributed by atoms with Crippen LogP contribution in [-0.4, -0.2) is 49.7 Å². The largest absolute Gasteiger partial charge is 0.336 e. The van der Waals surface area contributed by atoms with E-state index < -0.39 is 15.8 Å². The Morgan fingerprint density at radius 2 is 1.62 bits per heavy atom. The van der Waals surface area contributed by atoms with Crippen molar-refractivity contribution >= 4 is 39.1 Å². The summed E-state index contributed by atoms with van der Waals surface area (Å²) in [5.74, 6) is -1.05. The molecule has 1 fully saturated rings. The molecule has 0 atom stereocenters. The fourth-order valence-corrected chi connectivity index (χ4v) is 4.52. The minimum absolute atomic E-state index is 0.0870. The van der Waals surface area contributed by atoms with Crippen LogP contribution >= 0.6 is 23.2 Å². The quantitative estimate of drug-likeness (QED) is 0.771. The van der Waals surface area contributed by atoms with Gasteiger partial charge in [0, 0.05) is 31.7 Å². The first-order chi connectivity index (χ1) is 12.3. The van der Waals surface area contributed by atoms with Gasteiger partial charge in [0.2, 0.25) is 10.0 Å². The summed E-state index contributed by atoms with van der Waals surface area (Å²) in [6, 6.07) is 9.83. The highest BCUT2D eigenvalue weighted by molar-refractivity contribution is 7.89. The highest BCUT2D eigenvalue weighted by Gasteiger charge is 2.32. The van der Waals surface area contributed by atoms with E-state index in [0.717, 1.165) is 6.07 Å². The molecule has 1 heterocycles. The fourth-order valence-electron chi connectivity index (χ4n) is 2.74. The molecule has 1 aliphatic heterocycles. The smallest absolute Gasteiger partial charge is 0.253 e. The number of sulfonamides is 1. The lowest BCUT2D eigenvalue weighted by Gasteiger charge is -2.34. The number of amides is 1. The van der Waals surface area contributed by atoms with Gasteiger partial charge in [-0.1, -0.05) is 35.3 Å². The van der Waals surface area contributed by atoms with Crippen molar-refractivity contribution in [2.24, 2.45) is 0 Å². The first-order valence-corrected chi connectivity index (χ1v) is 9.99. The summed E-state index contributed by atoms with van der Waals surface area (Å²) >= 11 is 11.8. The van der Waals surface area contributed by atoms with Crippen molar-refractivity contribution in [1.29, 1.82) is 0 Å². The van der Waals surface area contributed by atoms with Crippen LogP contribution in [0.5, 0.6) is 0 Å². The van der Waals surface area contributed by atoms with Gasteiger partial charge in [-0.05, 0) is 30.3 Å². The maximum Gasteiger partial charge on any atom is 0.253 e. The molecule has 0 bridgehead atoms. The Labute approximate surface area is 161 Å². The summed E-state index contributed by atoms with van der Waals surface area (Å²) in [4.78, 5) is 13.7. The highest BCUT2D eigenvalue weighted by Crippen LogP contribution is 2.24. The van der Waals surface area contributed by atoms with Gasteiger partial charge in [-0.2, -0.15) is 4.31 Å². The van der Waals surface area contributed by atoms with Gasteiger partial charge in [-0.25, -0.2) is 12.8 Å². The maximum atomic E-state index is 13.8. The Morgan fingerprint density at radius 1 is 0.962 bits per heavy atom. The van der Waals surface area contributed by atoms with Crippen molar-refractivity contribution in [2.75, 3.05) is 26.2 Å². The van der Waals surface area contributed by atoms with Crippen LogP contribution in [0.3, 0.4) is 0 Å². The topological polar surface area (TPSA) is 57.7 Å². The Bertz CT molecular complexity index is 945. The maximum absolute atomic E-state index is 13.8. The molecule has 2 aromatic rings. The third-order valence-electron chi connectivity index (χ3n) is 4.15. The van der Waals surface area contributed by atoms with Gasteiger partial charge in [0.15, 0.2) is 0 Å². The summed E-state index contributed by atoms with van der Waals surface area (Å²) in [5.41, 5.74) is 0.379. The molecular formula is C17H15Cl2FN2O3S. The Morgan fingerprint density at radius 3 is 2.23 bits per heavy atom. The minimum Gasteiger partial charge on any atom is -0.336 e. The van der Waals surface area contributed by atoms with E-state index in [1.54, 1.807) is 6.07 Å². The molecule has 0 unspecified atom stereocenters. The van der Waals surface area contributed by atoms with E-state index in [-0.39, 0.29) is 42.0 Å². The van der Waals surface area contributed by atoms with Crippen molar-refractivity contribution in [2.45, 2.75) is 4.90 Å². The monoisotopic (exact) mass is 416 g/mol. The molecule has 2 aromatic carbocycles. The molecule has 1 aliphatic rings. The average molecular weight is 417 g/mol. The second kappa shape index (κ2) is 7.52. The molecule has 26 heavy (non-hydrogen) atoms. The van der Waals surface area contributed by atoms with E-state index in [1.165, 1.54) is 39.5 Å². The zero-order valence-corrected chi connectivity index (χ0v) is 15.9. The fraction of sp³-hybridized carbons (Fsp3) is 0.235. The summed E-state index contributed by atoms with van der Waals surface area (Å²) in [6.45, 7) is 0.576. The van der Waals surface area contributed by atoms with Gasteiger partial charge in [0.05, 0.1) is 10.0 Å². The van der Waals surface area contributed by atoms with Gasteiger partial charge in [-0.15, -0.1) is 0 Å². The number of piperazine rings is 1. The van der Waals surface area contributed by atoms with E-state index in [9.17, 15) is 17.6 Å². The average Bonchev–Trinajstić information content (AvgIpc) is 2.63. The van der Waals surface area contributed by atoms with E-state index in [2.05, 4.69) is 0 Å². The van der Waals surface area contributed by atoms with Crippen molar-refractivity contribution in [3.05, 3.63) is 63.9 Å². The number of hydrogen-bond donors (Lipinski definition) is 0. The molecule has 0 saturated carbocycles. The molecule has 1 saturated heterocycles. The van der Waals surface area contributed by atoms with E-state index >= 15 is 0 Å². The zero-order chi connectivity index (χ0) is 18.9. The van der Waals surface area contributed by atoms with Crippen LogP contribution in [0.2, 0.25) is 10.0 Å². The lowest BCUT2D eigenvalue weighted by atomic mass is 10.2. The van der Waals surface area contributed by atoms with Crippen LogP contribution in [-0.2, 0) is 10.0 Å². The predicted molar refractivity (Wildman–Crippen MR) is 97.5 cm³/mol. The van der Waals surface area contributed by atoms with Gasteiger partial charge < -0.3 is 4.90 Å². The number of benzene rings is 2. The van der Waals surface area contributed by atoms with Crippen LogP contribution in [0, 0.1) is 5.82 Å². The van der Waals surface area contributed by atoms with Gasteiger partial charge in [0.25, 0.3) is 5.91 Å². The van der Waals surface area contributed by atoms with E-state index in [1.807, 2.05) is 0 Å². The summed E-state index contributed by atoms with van der Waals surface area (Å²) in [7, 11) is -3.94. The third-order valence-corrected chi connectivity index (χ3v) is 6.82. The van der Waals surface area contributed by atoms with E-state index in [0.29, 0.717) is 10.6 Å². The zero-order valence-electron chi connectivity index (χ0n) is 13.5. The first kappa shape index (κ1) is 19.1. The number of rotatable bonds is 3. The van der Waals surface area contributed by atoms with E-state index in [4.69, 9.17) is 23.2 Å². The third kappa shape index (κ3) is 3.71. The molecule has 3 rings (SSSR count). The standard InChI is InChI=1S/C17H15Cl2FN2O3S/c18-13-6-5-12(11-14(13)19)17(23)21-7-9-22(10-8-21)26(24,25)16-4-2-1-3-15(16)20/h1-6,11H,7-10H2. The molecule has 0 radical (unpaired) electrons. The summed E-state index contributed by atoms with van der Waals surface area (Å²) in [6.07, 6.45) is 0. The molecule has 9 heteroatoms. The molecular weight excluding hydrogens is 402 g/mol. The van der Waals surface area contributed by atoms with Crippen molar-refractivity contribution in [1.82, 2.24) is 9.21 Å². The normalized spacial score (nSPS) is 15.9. The van der Waals surface area contributed by atoms with Gasteiger partial charge in [-0.3, -0.25) is 4.79 Å². The van der Waals surface area contributed by atoms with Crippen LogP contribution in [0.4, 0.5) is 4.39 Å². The Hall–Kier alpha value is -1.67. The molecule has 138 valence electrons. The van der Waals surface area contributed by atoms with Gasteiger partial charge >= 0.3 is 0 Å². The van der Waals surface area contributed by atoms with Crippen molar-refractivity contribution in [3.8, 4) is 0 Å². The number of carbonyl (C=O) groups excluding carboxylic acids is 1. The Balaban J connectivity index is 1.72. The second-order valence-corrected chi connectivity index (χ2v) is 8.48. The Kier molecular flexibility index (Phi) is 5.53. The molecule has 0 spiro atoms. The number of nitrogens with zero attached hydrogens (tertiary/aromatic N) is 2. The lowest BCUT2D eigenvalue weighted by molar-refractivity contribution is 0.0697. The second-order valence-electron chi connectivity index (χ2n) is 5.76. The molecule has 0 aliphatic carbocycles. The SMILES string of the molecule is O=C(c1ccc(Cl)c(Cl)c1)N1CCN(S(=O)(=O)c2ccccc2F)CC1. The van der Waals surface area contributed by atoms with Crippen LogP contribution in [0.15, 0.2) is 47.4 Å². The molecule has 1 amide bonds. The van der Waals surface area contributed by atoms with Crippen LogP contribution in [0.1, 0.15) is 10.4 Å². The number of hydrogen-bond acceptors (Lipinski definition) is 3.